The lowest BCUT2D eigenvalue weighted by molar-refractivity contribution is -0.122. The maximum Gasteiger partial charge on any atom is 0.296 e. The Morgan fingerprint density at radius 1 is 0.944 bits per heavy atom. The van der Waals surface area contributed by atoms with Gasteiger partial charge in [-0.05, 0) is 72.5 Å². The molecule has 0 bridgehead atoms. The minimum atomic E-state index is -0.923. The molecule has 6 N–H and O–H groups in total. The van der Waals surface area contributed by atoms with Gasteiger partial charge in [0.15, 0.2) is 0 Å². The molecule has 2 atom stereocenters. The van der Waals surface area contributed by atoms with Crippen LogP contribution in [0.3, 0.4) is 0 Å². The van der Waals surface area contributed by atoms with Crippen LogP contribution in [0, 0.1) is 11.8 Å². The number of H-pyrrole nitrogens is 1. The number of aromatic nitrogens is 5. The highest BCUT2D eigenvalue weighted by Gasteiger charge is 2.31. The summed E-state index contributed by atoms with van der Waals surface area (Å²) in [6, 6.07) is 25.9. The van der Waals surface area contributed by atoms with E-state index in [1.165, 1.54) is 16.8 Å². The number of aromatic amines is 1. The number of nitrogens with zero attached hydrogens (tertiary/aromatic N) is 6. The summed E-state index contributed by atoms with van der Waals surface area (Å²) < 4.78 is 13.1. The molecule has 19 nitrogen and oxygen atoms in total. The van der Waals surface area contributed by atoms with Crippen LogP contribution in [0.1, 0.15) is 49.9 Å². The van der Waals surface area contributed by atoms with E-state index in [4.69, 9.17) is 9.47 Å². The number of carbonyl (C=O) groups excluding carboxylic acids is 5. The van der Waals surface area contributed by atoms with Crippen molar-refractivity contribution in [1.82, 2.24) is 51.3 Å². The number of hydrogen-bond acceptors (Lipinski definition) is 12. The zero-order valence-corrected chi connectivity index (χ0v) is 39.4. The molecular weight excluding hydrogens is 905 g/mol. The average Bonchev–Trinajstić information content (AvgIpc) is 4.01. The molecule has 8 rings (SSSR count). The first-order chi connectivity index (χ1) is 34.6. The molecule has 366 valence electrons. The zero-order chi connectivity index (χ0) is 49.5. The summed E-state index contributed by atoms with van der Waals surface area (Å²) in [7, 11) is 1.63. The maximum atomic E-state index is 13.0. The number of anilines is 2. The fourth-order valence-electron chi connectivity index (χ4n) is 8.25. The maximum absolute atomic E-state index is 13.0. The van der Waals surface area contributed by atoms with Crippen LogP contribution >= 0.6 is 0 Å². The van der Waals surface area contributed by atoms with Gasteiger partial charge >= 0.3 is 0 Å². The third-order valence-corrected chi connectivity index (χ3v) is 12.0. The lowest BCUT2D eigenvalue weighted by Gasteiger charge is -2.37. The number of fused-ring (bicyclic) bond motifs is 2. The molecule has 5 amide bonds. The summed E-state index contributed by atoms with van der Waals surface area (Å²) in [5.74, 6) is 4.46. The van der Waals surface area contributed by atoms with Crippen LogP contribution in [-0.4, -0.2) is 132 Å². The van der Waals surface area contributed by atoms with Gasteiger partial charge in [-0.3, -0.25) is 29.1 Å². The van der Waals surface area contributed by atoms with Crippen LogP contribution < -0.4 is 41.1 Å². The summed E-state index contributed by atoms with van der Waals surface area (Å²) >= 11 is 0. The van der Waals surface area contributed by atoms with E-state index in [0.717, 1.165) is 42.6 Å². The van der Waals surface area contributed by atoms with Crippen molar-refractivity contribution >= 4 is 51.9 Å². The summed E-state index contributed by atoms with van der Waals surface area (Å²) in [5, 5.41) is 22.2. The SMILES string of the molecule is C=CCC1CNCCN1c1ccc(CCNC(=O)c2cnc3c(ccn3CC(=O)NCCOCCNC(=O)C#Cc3ccc(Cc4nc(C(=O)N[C@H]5COc6ccccc6N(C)C5=O)n[nH]4)cc3)c2)cc1. The Kier molecular flexibility index (Phi) is 16.4. The normalized spacial score (nSPS) is 15.4. The number of carbonyl (C=O) groups is 5. The molecule has 1 fully saturated rings. The van der Waals surface area contributed by atoms with Crippen molar-refractivity contribution < 1.29 is 33.4 Å². The highest BCUT2D eigenvalue weighted by atomic mass is 16.5. The molecule has 0 spiro atoms. The van der Waals surface area contributed by atoms with Crippen molar-refractivity contribution in [2.45, 2.75) is 37.9 Å². The minimum absolute atomic E-state index is 0.0344. The molecule has 0 aliphatic carbocycles. The van der Waals surface area contributed by atoms with Gasteiger partial charge in [0.05, 0.1) is 24.5 Å². The number of para-hydroxylation sites is 2. The first-order valence-corrected chi connectivity index (χ1v) is 23.5. The molecule has 3 aromatic carbocycles. The molecule has 71 heavy (non-hydrogen) atoms. The van der Waals surface area contributed by atoms with E-state index < -0.39 is 17.9 Å². The zero-order valence-electron chi connectivity index (χ0n) is 39.4. The van der Waals surface area contributed by atoms with Crippen molar-refractivity contribution in [3.05, 3.63) is 144 Å². The number of hydrogen-bond donors (Lipinski definition) is 6. The molecule has 2 aliphatic rings. The summed E-state index contributed by atoms with van der Waals surface area (Å²) in [6.07, 6.45) is 7.23. The van der Waals surface area contributed by atoms with Crippen molar-refractivity contribution in [2.24, 2.45) is 0 Å². The monoisotopic (exact) mass is 960 g/mol. The predicted octanol–water partition coefficient (Wildman–Crippen LogP) is 2.53. The number of likely N-dealkylation sites (N-methyl/N-ethyl adjacent to an activating group) is 1. The molecule has 2 aliphatic heterocycles. The van der Waals surface area contributed by atoms with E-state index >= 15 is 0 Å². The van der Waals surface area contributed by atoms with Crippen molar-refractivity contribution in [3.8, 4) is 17.6 Å². The number of nitrogens with one attached hydrogen (secondary N) is 6. The second-order valence-corrected chi connectivity index (χ2v) is 17.0. The number of amides is 5. The first-order valence-electron chi connectivity index (χ1n) is 23.5. The molecule has 0 radical (unpaired) electrons. The van der Waals surface area contributed by atoms with E-state index in [0.29, 0.717) is 59.5 Å². The number of pyridine rings is 1. The Morgan fingerprint density at radius 2 is 1.73 bits per heavy atom. The Balaban J connectivity index is 0.682. The number of rotatable bonds is 19. The van der Waals surface area contributed by atoms with Gasteiger partial charge in [0.2, 0.25) is 11.7 Å². The largest absolute Gasteiger partial charge is 0.489 e. The standard InChI is InChI=1S/C52H56N12O7/c1-3-6-41-32-53-22-26-64(41)40-16-13-36(14-17-40)19-21-56-50(67)39-30-38-20-25-63(49(38)57-31-39)33-47(66)55-24-28-70-27-23-54-46(65)18-15-35-9-11-37(12-10-35)29-45-59-48(61-60-45)51(68)58-42-34-71-44-8-5-4-7-43(44)62(2)52(42)69/h3-5,7-14,16-17,20,25,30-31,41-42,53H,1,6,19,21-24,26-29,32-34H2,2H3,(H,54,65)(H,55,66)(H,56,67)(H,58,68)(H,59,60,61)/t41?,42-/m0/s1. The van der Waals surface area contributed by atoms with E-state index in [2.05, 4.69) is 94.3 Å². The van der Waals surface area contributed by atoms with Gasteiger partial charge in [0.1, 0.15) is 36.4 Å². The second kappa shape index (κ2) is 23.8. The van der Waals surface area contributed by atoms with Gasteiger partial charge in [-0.25, -0.2) is 9.97 Å². The predicted molar refractivity (Wildman–Crippen MR) is 267 cm³/mol. The van der Waals surface area contributed by atoms with E-state index in [9.17, 15) is 24.0 Å². The van der Waals surface area contributed by atoms with E-state index in [-0.39, 0.29) is 63.0 Å². The van der Waals surface area contributed by atoms with Crippen LogP contribution in [0.25, 0.3) is 11.0 Å². The molecule has 0 saturated carbocycles. The number of benzene rings is 3. The number of ether oxygens (including phenoxy) is 2. The van der Waals surface area contributed by atoms with Crippen LogP contribution in [0.4, 0.5) is 11.4 Å². The molecule has 6 aromatic rings. The first kappa shape index (κ1) is 49.1. The molecule has 1 saturated heterocycles. The van der Waals surface area contributed by atoms with Crippen molar-refractivity contribution in [3.63, 3.8) is 0 Å². The third-order valence-electron chi connectivity index (χ3n) is 12.0. The molecule has 1 unspecified atom stereocenters. The Labute approximate surface area is 410 Å². The van der Waals surface area contributed by atoms with Gasteiger partial charge in [-0.2, -0.15) is 0 Å². The van der Waals surface area contributed by atoms with Crippen LogP contribution in [-0.2, 0) is 38.5 Å². The number of piperazine rings is 1. The van der Waals surface area contributed by atoms with Crippen LogP contribution in [0.5, 0.6) is 5.75 Å². The minimum Gasteiger partial charge on any atom is -0.489 e. The topological polar surface area (TPSA) is 230 Å². The molecule has 19 heteroatoms. The quantitative estimate of drug-likeness (QED) is 0.0391. The summed E-state index contributed by atoms with van der Waals surface area (Å²) in [6.45, 7) is 8.23. The van der Waals surface area contributed by atoms with Crippen LogP contribution in [0.15, 0.2) is 110 Å². The Bertz CT molecular complexity index is 2920. The van der Waals surface area contributed by atoms with Crippen molar-refractivity contribution in [1.29, 1.82) is 0 Å². The Hall–Kier alpha value is -8.34. The van der Waals surface area contributed by atoms with Crippen molar-refractivity contribution in [2.75, 3.05) is 75.9 Å². The van der Waals surface area contributed by atoms with Gasteiger partial charge in [0.25, 0.3) is 23.6 Å². The smallest absolute Gasteiger partial charge is 0.296 e. The van der Waals surface area contributed by atoms with E-state index in [1.807, 2.05) is 30.3 Å². The molecule has 3 aromatic heterocycles. The summed E-state index contributed by atoms with van der Waals surface area (Å²) in [4.78, 5) is 76.6. The molecule has 5 heterocycles. The van der Waals surface area contributed by atoms with Gasteiger partial charge < -0.3 is 50.4 Å². The highest BCUT2D eigenvalue weighted by Crippen LogP contribution is 2.30. The fraction of sp³-hybridized carbons (Fsp3) is 0.308. The Morgan fingerprint density at radius 3 is 2.55 bits per heavy atom. The lowest BCUT2D eigenvalue weighted by atomic mass is 10.1. The fourth-order valence-corrected chi connectivity index (χ4v) is 8.25. The summed E-state index contributed by atoms with van der Waals surface area (Å²) in [5.41, 5.74) is 5.47. The van der Waals surface area contributed by atoms with E-state index in [1.54, 1.807) is 54.2 Å². The molecular formula is C52H56N12O7. The van der Waals surface area contributed by atoms with Gasteiger partial charge in [0, 0.05) is 93.7 Å². The van der Waals surface area contributed by atoms with Gasteiger partial charge in [-0.1, -0.05) is 48.4 Å². The van der Waals surface area contributed by atoms with Crippen LogP contribution in [0.2, 0.25) is 0 Å². The highest BCUT2D eigenvalue weighted by molar-refractivity contribution is 6.02. The third kappa shape index (κ3) is 13.1. The van der Waals surface area contributed by atoms with Gasteiger partial charge in [-0.15, -0.1) is 11.7 Å². The second-order valence-electron chi connectivity index (χ2n) is 17.0. The lowest BCUT2D eigenvalue weighted by Crippen LogP contribution is -2.51. The average molecular weight is 961 g/mol.